The summed E-state index contributed by atoms with van der Waals surface area (Å²) < 4.78 is 0. The van der Waals surface area contributed by atoms with Gasteiger partial charge in [-0.15, -0.1) is 0 Å². The molecule has 0 radical (unpaired) electrons. The van der Waals surface area contributed by atoms with E-state index in [0.29, 0.717) is 16.9 Å². The molecule has 2 saturated heterocycles. The van der Waals surface area contributed by atoms with Crippen molar-refractivity contribution in [2.75, 3.05) is 41.3 Å². The monoisotopic (exact) mass is 460 g/mol. The number of amides is 3. The van der Waals surface area contributed by atoms with Crippen LogP contribution in [0.4, 0.5) is 17.1 Å². The molecule has 0 spiro atoms. The van der Waals surface area contributed by atoms with E-state index in [1.54, 1.807) is 4.90 Å². The van der Waals surface area contributed by atoms with E-state index >= 15 is 0 Å². The number of likely N-dealkylation sites (tertiary alicyclic amines) is 1. The first-order valence-corrected chi connectivity index (χ1v) is 12.4. The van der Waals surface area contributed by atoms with Crippen molar-refractivity contribution in [3.05, 3.63) is 53.6 Å². The number of carbonyl (C=O) groups excluding carboxylic acids is 3. The van der Waals surface area contributed by atoms with Crippen LogP contribution in [0.5, 0.6) is 0 Å². The molecule has 0 unspecified atom stereocenters. The van der Waals surface area contributed by atoms with E-state index in [1.165, 1.54) is 0 Å². The lowest BCUT2D eigenvalue weighted by Gasteiger charge is -2.45. The quantitative estimate of drug-likeness (QED) is 0.750. The van der Waals surface area contributed by atoms with Crippen LogP contribution in [0.25, 0.3) is 0 Å². The van der Waals surface area contributed by atoms with E-state index in [9.17, 15) is 14.4 Å². The van der Waals surface area contributed by atoms with Crippen molar-refractivity contribution in [1.82, 2.24) is 4.90 Å². The van der Waals surface area contributed by atoms with E-state index < -0.39 is 0 Å². The number of benzene rings is 2. The van der Waals surface area contributed by atoms with Crippen LogP contribution in [0.15, 0.2) is 42.5 Å². The van der Waals surface area contributed by atoms with Gasteiger partial charge in [0, 0.05) is 30.9 Å². The Morgan fingerprint density at radius 3 is 2.53 bits per heavy atom. The molecule has 34 heavy (non-hydrogen) atoms. The summed E-state index contributed by atoms with van der Waals surface area (Å²) in [6, 6.07) is 13.0. The highest BCUT2D eigenvalue weighted by molar-refractivity contribution is 6.11. The summed E-state index contributed by atoms with van der Waals surface area (Å²) in [4.78, 5) is 45.4. The number of nitrogens with one attached hydrogen (secondary N) is 1. The fraction of sp³-hybridized carbons (Fsp3) is 0.444. The normalized spacial score (nSPS) is 20.0. The summed E-state index contributed by atoms with van der Waals surface area (Å²) >= 11 is 0. The largest absolute Gasteiger partial charge is 0.358 e. The molecule has 1 N–H and O–H groups in total. The zero-order chi connectivity index (χ0) is 23.7. The molecule has 0 saturated carbocycles. The standard InChI is InChI=1S/C27H32N4O3/c1-19-8-7-9-21(16-19)28-25(32)18-31-24-17-20(26(33)29-13-4-2-5-14-29)11-12-22(24)30-15-6-3-10-23(30)27(31)34/h7-9,11-12,16-17,23H,2-6,10,13-15,18H2,1H3,(H,28,32)/t23-/m0/s1. The Morgan fingerprint density at radius 2 is 1.74 bits per heavy atom. The van der Waals surface area contributed by atoms with Crippen LogP contribution in [0, 0.1) is 6.92 Å². The Kier molecular flexibility index (Phi) is 6.26. The van der Waals surface area contributed by atoms with Crippen LogP contribution < -0.4 is 15.1 Å². The van der Waals surface area contributed by atoms with Crippen molar-refractivity contribution in [2.24, 2.45) is 0 Å². The lowest BCUT2D eigenvalue weighted by molar-refractivity contribution is -0.123. The van der Waals surface area contributed by atoms with Crippen molar-refractivity contribution in [2.45, 2.75) is 51.5 Å². The summed E-state index contributed by atoms with van der Waals surface area (Å²) in [5, 5.41) is 2.92. The molecule has 3 aliphatic rings. The number of rotatable bonds is 4. The molecule has 178 valence electrons. The van der Waals surface area contributed by atoms with Crippen molar-refractivity contribution < 1.29 is 14.4 Å². The molecule has 0 bridgehead atoms. The van der Waals surface area contributed by atoms with Gasteiger partial charge < -0.3 is 15.1 Å². The molecule has 7 heteroatoms. The van der Waals surface area contributed by atoms with Crippen LogP contribution in [0.3, 0.4) is 0 Å². The summed E-state index contributed by atoms with van der Waals surface area (Å²) in [5.74, 6) is -0.309. The summed E-state index contributed by atoms with van der Waals surface area (Å²) in [5.41, 5.74) is 3.93. The fourth-order valence-corrected chi connectivity index (χ4v) is 5.40. The van der Waals surface area contributed by atoms with Crippen LogP contribution >= 0.6 is 0 Å². The van der Waals surface area contributed by atoms with Crippen LogP contribution in [-0.4, -0.2) is 54.8 Å². The summed E-state index contributed by atoms with van der Waals surface area (Å²) in [6.45, 7) is 4.24. The molecular weight excluding hydrogens is 428 g/mol. The van der Waals surface area contributed by atoms with Gasteiger partial charge in [-0.2, -0.15) is 0 Å². The molecule has 1 atom stereocenters. The third-order valence-corrected chi connectivity index (χ3v) is 7.12. The number of fused-ring (bicyclic) bond motifs is 3. The first kappa shape index (κ1) is 22.4. The van der Waals surface area contributed by atoms with Crippen molar-refractivity contribution in [3.63, 3.8) is 0 Å². The number of hydrogen-bond donors (Lipinski definition) is 1. The van der Waals surface area contributed by atoms with Crippen LogP contribution in [-0.2, 0) is 9.59 Å². The molecule has 3 aliphatic heterocycles. The van der Waals surface area contributed by atoms with Crippen LogP contribution in [0.2, 0.25) is 0 Å². The molecule has 7 nitrogen and oxygen atoms in total. The highest BCUT2D eigenvalue weighted by Crippen LogP contribution is 2.40. The minimum Gasteiger partial charge on any atom is -0.358 e. The maximum atomic E-state index is 13.6. The van der Waals surface area contributed by atoms with Gasteiger partial charge >= 0.3 is 0 Å². The third kappa shape index (κ3) is 4.39. The van der Waals surface area contributed by atoms with E-state index in [1.807, 2.05) is 54.3 Å². The fourth-order valence-electron chi connectivity index (χ4n) is 5.40. The zero-order valence-corrected chi connectivity index (χ0v) is 19.8. The second-order valence-electron chi connectivity index (χ2n) is 9.60. The number of nitrogens with zero attached hydrogens (tertiary/aromatic N) is 3. The smallest absolute Gasteiger partial charge is 0.253 e. The second-order valence-corrected chi connectivity index (χ2v) is 9.60. The Balaban J connectivity index is 1.45. The van der Waals surface area contributed by atoms with Crippen molar-refractivity contribution in [3.8, 4) is 0 Å². The van der Waals surface area contributed by atoms with E-state index in [0.717, 1.165) is 69.4 Å². The molecular formula is C27H32N4O3. The highest BCUT2D eigenvalue weighted by Gasteiger charge is 2.40. The van der Waals surface area contributed by atoms with Gasteiger partial charge in [0.15, 0.2) is 0 Å². The average molecular weight is 461 g/mol. The van der Waals surface area contributed by atoms with Gasteiger partial charge in [0.05, 0.1) is 11.4 Å². The predicted molar refractivity (Wildman–Crippen MR) is 133 cm³/mol. The Bertz CT molecular complexity index is 1110. The van der Waals surface area contributed by atoms with Gasteiger partial charge in [-0.3, -0.25) is 19.3 Å². The number of anilines is 3. The molecule has 2 aromatic rings. The summed E-state index contributed by atoms with van der Waals surface area (Å²) in [6.07, 6.45) is 6.01. The minimum atomic E-state index is -0.253. The zero-order valence-electron chi connectivity index (χ0n) is 19.8. The molecule has 5 rings (SSSR count). The average Bonchev–Trinajstić information content (AvgIpc) is 2.86. The second kappa shape index (κ2) is 9.49. The Morgan fingerprint density at radius 1 is 0.941 bits per heavy atom. The van der Waals surface area contributed by atoms with Crippen molar-refractivity contribution in [1.29, 1.82) is 0 Å². The molecule has 2 fully saturated rings. The van der Waals surface area contributed by atoms with Crippen LogP contribution in [0.1, 0.15) is 54.4 Å². The maximum absolute atomic E-state index is 13.6. The van der Waals surface area contributed by atoms with Gasteiger partial charge in [0.2, 0.25) is 11.8 Å². The highest BCUT2D eigenvalue weighted by atomic mass is 16.2. The number of carbonyl (C=O) groups is 3. The Labute approximate surface area is 200 Å². The lowest BCUT2D eigenvalue weighted by Crippen LogP contribution is -2.56. The minimum absolute atomic E-state index is 0.000112. The predicted octanol–water partition coefficient (Wildman–Crippen LogP) is 3.97. The first-order chi connectivity index (χ1) is 16.5. The SMILES string of the molecule is Cc1cccc(NC(=O)CN2C(=O)[C@@H]3CCCCN3c3ccc(C(=O)N4CCCCC4)cc32)c1. The van der Waals surface area contributed by atoms with Gasteiger partial charge in [0.1, 0.15) is 12.6 Å². The molecule has 3 heterocycles. The van der Waals surface area contributed by atoms with Gasteiger partial charge in [0.25, 0.3) is 5.91 Å². The topological polar surface area (TPSA) is 73.0 Å². The molecule has 3 amide bonds. The maximum Gasteiger partial charge on any atom is 0.253 e. The summed E-state index contributed by atoms with van der Waals surface area (Å²) in [7, 11) is 0. The van der Waals surface area contributed by atoms with Gasteiger partial charge in [-0.25, -0.2) is 0 Å². The lowest BCUT2D eigenvalue weighted by atomic mass is 9.95. The van der Waals surface area contributed by atoms with E-state index in [4.69, 9.17) is 0 Å². The number of piperidine rings is 2. The van der Waals surface area contributed by atoms with Gasteiger partial charge in [-0.1, -0.05) is 12.1 Å². The molecule has 0 aliphatic carbocycles. The van der Waals surface area contributed by atoms with Gasteiger partial charge in [-0.05, 0) is 81.3 Å². The van der Waals surface area contributed by atoms with E-state index in [2.05, 4.69) is 10.2 Å². The van der Waals surface area contributed by atoms with E-state index in [-0.39, 0.29) is 30.3 Å². The third-order valence-electron chi connectivity index (χ3n) is 7.12. The number of hydrogen-bond acceptors (Lipinski definition) is 4. The van der Waals surface area contributed by atoms with Crippen molar-refractivity contribution >= 4 is 34.8 Å². The molecule has 0 aromatic heterocycles. The molecule has 2 aromatic carbocycles. The first-order valence-electron chi connectivity index (χ1n) is 12.4. The Hall–Kier alpha value is -3.35. The number of aryl methyl sites for hydroxylation is 1.